The zero-order valence-electron chi connectivity index (χ0n) is 13.4. The molecule has 0 aromatic heterocycles. The fourth-order valence-corrected chi connectivity index (χ4v) is 2.69. The van der Waals surface area contributed by atoms with Crippen LogP contribution in [0.2, 0.25) is 0 Å². The van der Waals surface area contributed by atoms with Gasteiger partial charge in [0.25, 0.3) is 0 Å². The molecule has 2 aromatic rings. The third kappa shape index (κ3) is 4.23. The molecule has 0 saturated heterocycles. The number of nitrogens with two attached hydrogens (primary N) is 1. The van der Waals surface area contributed by atoms with Gasteiger partial charge in [0.2, 0.25) is 0 Å². The average molecular weight is 349 g/mol. The maximum absolute atomic E-state index is 12.5. The number of halogens is 3. The molecule has 132 valence electrons. The van der Waals surface area contributed by atoms with E-state index in [0.717, 1.165) is 29.9 Å². The van der Waals surface area contributed by atoms with Crippen molar-refractivity contribution in [3.05, 3.63) is 65.2 Å². The summed E-state index contributed by atoms with van der Waals surface area (Å²) in [6.45, 7) is 0.794. The van der Waals surface area contributed by atoms with E-state index < -0.39 is 11.7 Å². The van der Waals surface area contributed by atoms with Crippen molar-refractivity contribution in [2.75, 3.05) is 6.61 Å². The number of nitrogens with one attached hydrogen (secondary N) is 1. The molecule has 0 aliphatic carbocycles. The fourth-order valence-electron chi connectivity index (χ4n) is 2.69. The van der Waals surface area contributed by atoms with Gasteiger partial charge in [-0.25, -0.2) is 4.99 Å². The minimum absolute atomic E-state index is 0.00121. The molecule has 0 bridgehead atoms. The molecular formula is C18H18F3N3O. The molecule has 1 heterocycles. The Morgan fingerprint density at radius 3 is 2.60 bits per heavy atom. The third-order valence-electron chi connectivity index (χ3n) is 3.99. The normalized spacial score (nSPS) is 17.6. The van der Waals surface area contributed by atoms with E-state index in [4.69, 9.17) is 10.5 Å². The molecule has 1 aliphatic heterocycles. The minimum atomic E-state index is -4.33. The summed E-state index contributed by atoms with van der Waals surface area (Å²) in [5, 5.41) is 3.15. The molecule has 2 aromatic carbocycles. The first-order chi connectivity index (χ1) is 11.9. The Kier molecular flexibility index (Phi) is 4.83. The molecule has 1 unspecified atom stereocenters. The molecule has 3 N–H and O–H groups in total. The Morgan fingerprint density at radius 1 is 1.16 bits per heavy atom. The number of guanidine groups is 1. The molecule has 25 heavy (non-hydrogen) atoms. The number of rotatable bonds is 3. The smallest absolute Gasteiger partial charge is 0.416 e. The number of fused-ring (bicyclic) bond motifs is 1. The molecule has 7 heteroatoms. The first kappa shape index (κ1) is 17.1. The second-order valence-electron chi connectivity index (χ2n) is 5.77. The lowest BCUT2D eigenvalue weighted by molar-refractivity contribution is -0.137. The van der Waals surface area contributed by atoms with E-state index in [-0.39, 0.29) is 18.5 Å². The van der Waals surface area contributed by atoms with E-state index in [1.54, 1.807) is 0 Å². The lowest BCUT2D eigenvalue weighted by Gasteiger charge is -2.26. The molecule has 1 aliphatic rings. The van der Waals surface area contributed by atoms with E-state index >= 15 is 0 Å². The quantitative estimate of drug-likeness (QED) is 0.657. The van der Waals surface area contributed by atoms with Gasteiger partial charge in [-0.05, 0) is 23.8 Å². The van der Waals surface area contributed by atoms with Gasteiger partial charge in [0.05, 0.1) is 24.8 Å². The largest absolute Gasteiger partial charge is 0.493 e. The van der Waals surface area contributed by atoms with Crippen molar-refractivity contribution in [1.29, 1.82) is 0 Å². The number of aliphatic imine (C=N–C) groups is 1. The second-order valence-corrected chi connectivity index (χ2v) is 5.77. The highest BCUT2D eigenvalue weighted by molar-refractivity contribution is 5.78. The molecule has 0 spiro atoms. The van der Waals surface area contributed by atoms with Crippen molar-refractivity contribution in [3.8, 4) is 5.75 Å². The second kappa shape index (κ2) is 7.04. The van der Waals surface area contributed by atoms with E-state index in [0.29, 0.717) is 12.2 Å². The van der Waals surface area contributed by atoms with Crippen molar-refractivity contribution in [3.63, 3.8) is 0 Å². The van der Waals surface area contributed by atoms with Gasteiger partial charge in [0.15, 0.2) is 5.96 Å². The predicted molar refractivity (Wildman–Crippen MR) is 89.2 cm³/mol. The van der Waals surface area contributed by atoms with Crippen molar-refractivity contribution in [2.24, 2.45) is 10.7 Å². The van der Waals surface area contributed by atoms with Gasteiger partial charge in [-0.3, -0.25) is 0 Å². The number of ether oxygens (including phenoxy) is 1. The molecule has 1 atom stereocenters. The summed E-state index contributed by atoms with van der Waals surface area (Å²) in [6.07, 6.45) is -3.58. The first-order valence-corrected chi connectivity index (χ1v) is 7.88. The highest BCUT2D eigenvalue weighted by atomic mass is 19.4. The molecule has 4 nitrogen and oxygen atoms in total. The molecule has 0 radical (unpaired) electrons. The zero-order valence-corrected chi connectivity index (χ0v) is 13.4. The van der Waals surface area contributed by atoms with Crippen LogP contribution in [0.25, 0.3) is 0 Å². The van der Waals surface area contributed by atoms with Crippen molar-refractivity contribution in [1.82, 2.24) is 5.32 Å². The molecule has 3 rings (SSSR count). The summed E-state index contributed by atoms with van der Waals surface area (Å²) in [7, 11) is 0. The molecule has 0 fully saturated rings. The first-order valence-electron chi connectivity index (χ1n) is 7.88. The van der Waals surface area contributed by atoms with E-state index in [1.165, 1.54) is 12.1 Å². The standard InChI is InChI=1S/C18H18F3N3O/c19-18(20,21)13-7-5-12(6-8-13)11-23-17(22)24-15-9-10-25-16-4-2-1-3-14(15)16/h1-8,15H,9-11H2,(H3,22,23,24). The topological polar surface area (TPSA) is 59.6 Å². The van der Waals surface area contributed by atoms with Crippen LogP contribution in [0.5, 0.6) is 5.75 Å². The van der Waals surface area contributed by atoms with Gasteiger partial charge in [-0.15, -0.1) is 0 Å². The minimum Gasteiger partial charge on any atom is -0.493 e. The number of alkyl halides is 3. The molecular weight excluding hydrogens is 331 g/mol. The maximum Gasteiger partial charge on any atom is 0.416 e. The number of benzene rings is 2. The van der Waals surface area contributed by atoms with E-state index in [1.807, 2.05) is 24.3 Å². The monoisotopic (exact) mass is 349 g/mol. The lowest BCUT2D eigenvalue weighted by atomic mass is 10.0. The van der Waals surface area contributed by atoms with Crippen LogP contribution in [-0.4, -0.2) is 12.6 Å². The van der Waals surface area contributed by atoms with Gasteiger partial charge >= 0.3 is 6.18 Å². The van der Waals surface area contributed by atoms with Crippen LogP contribution in [0.4, 0.5) is 13.2 Å². The SMILES string of the molecule is NC(=NCc1ccc(C(F)(F)F)cc1)NC1CCOc2ccccc21. The van der Waals surface area contributed by atoms with Gasteiger partial charge in [-0.2, -0.15) is 13.2 Å². The van der Waals surface area contributed by atoms with Crippen molar-refractivity contribution >= 4 is 5.96 Å². The van der Waals surface area contributed by atoms with E-state index in [2.05, 4.69) is 10.3 Å². The summed E-state index contributed by atoms with van der Waals surface area (Å²) in [5.74, 6) is 1.07. The Hall–Kier alpha value is -2.70. The van der Waals surface area contributed by atoms with Gasteiger partial charge in [-0.1, -0.05) is 30.3 Å². The number of hydrogen-bond acceptors (Lipinski definition) is 2. The molecule has 0 amide bonds. The van der Waals surface area contributed by atoms with Crippen molar-refractivity contribution < 1.29 is 17.9 Å². The number of hydrogen-bond donors (Lipinski definition) is 2. The lowest BCUT2D eigenvalue weighted by Crippen LogP contribution is -2.37. The van der Waals surface area contributed by atoms with Crippen LogP contribution in [0.3, 0.4) is 0 Å². The fraction of sp³-hybridized carbons (Fsp3) is 0.278. The van der Waals surface area contributed by atoms with Crippen LogP contribution in [0.15, 0.2) is 53.5 Å². The predicted octanol–water partition coefficient (Wildman–Crippen LogP) is 3.63. The van der Waals surface area contributed by atoms with Crippen LogP contribution >= 0.6 is 0 Å². The highest BCUT2D eigenvalue weighted by Gasteiger charge is 2.29. The van der Waals surface area contributed by atoms with Crippen LogP contribution in [0, 0.1) is 0 Å². The van der Waals surface area contributed by atoms with Gasteiger partial charge in [0, 0.05) is 12.0 Å². The number of nitrogens with zero attached hydrogens (tertiary/aromatic N) is 1. The van der Waals surface area contributed by atoms with Crippen LogP contribution in [-0.2, 0) is 12.7 Å². The number of para-hydroxylation sites is 1. The Balaban J connectivity index is 1.63. The summed E-state index contributed by atoms with van der Waals surface area (Å²) < 4.78 is 43.2. The summed E-state index contributed by atoms with van der Waals surface area (Å²) in [4.78, 5) is 4.21. The van der Waals surface area contributed by atoms with E-state index in [9.17, 15) is 13.2 Å². The molecule has 0 saturated carbocycles. The van der Waals surface area contributed by atoms with Crippen molar-refractivity contribution in [2.45, 2.75) is 25.2 Å². The van der Waals surface area contributed by atoms with Crippen LogP contribution < -0.4 is 15.8 Å². The maximum atomic E-state index is 12.5. The summed E-state index contributed by atoms with van der Waals surface area (Å²) in [6, 6.07) is 12.6. The summed E-state index contributed by atoms with van der Waals surface area (Å²) >= 11 is 0. The summed E-state index contributed by atoms with van der Waals surface area (Å²) in [5.41, 5.74) is 6.92. The Morgan fingerprint density at radius 2 is 1.88 bits per heavy atom. The average Bonchev–Trinajstić information content (AvgIpc) is 2.60. The van der Waals surface area contributed by atoms with Gasteiger partial charge < -0.3 is 15.8 Å². The van der Waals surface area contributed by atoms with Gasteiger partial charge in [0.1, 0.15) is 5.75 Å². The zero-order chi connectivity index (χ0) is 17.9. The highest BCUT2D eigenvalue weighted by Crippen LogP contribution is 2.31. The van der Waals surface area contributed by atoms with Crippen LogP contribution in [0.1, 0.15) is 29.2 Å². The Bertz CT molecular complexity index is 757. The Labute approximate surface area is 143 Å². The third-order valence-corrected chi connectivity index (χ3v) is 3.99.